The maximum absolute atomic E-state index is 11.8. The van der Waals surface area contributed by atoms with Crippen LogP contribution in [0.3, 0.4) is 0 Å². The fourth-order valence-electron chi connectivity index (χ4n) is 2.84. The van der Waals surface area contributed by atoms with Gasteiger partial charge < -0.3 is 10.6 Å². The summed E-state index contributed by atoms with van der Waals surface area (Å²) in [6, 6.07) is 0.859. The van der Waals surface area contributed by atoms with Crippen LogP contribution in [-0.2, 0) is 4.79 Å². The zero-order valence-corrected chi connectivity index (χ0v) is 11.8. The molecule has 0 heterocycles. The van der Waals surface area contributed by atoms with Gasteiger partial charge >= 0.3 is 0 Å². The first kappa shape index (κ1) is 14.5. The molecule has 3 heteroatoms. The second-order valence-corrected chi connectivity index (χ2v) is 6.04. The maximum Gasteiger partial charge on any atom is 0.221 e. The Hall–Kier alpha value is -0.570. The highest BCUT2D eigenvalue weighted by atomic mass is 16.1. The second-order valence-electron chi connectivity index (χ2n) is 6.04. The Morgan fingerprint density at radius 1 is 1.18 bits per heavy atom. The van der Waals surface area contributed by atoms with Crippen LogP contribution in [0.4, 0.5) is 0 Å². The molecule has 1 amide bonds. The van der Waals surface area contributed by atoms with Crippen molar-refractivity contribution in [3.8, 4) is 0 Å². The Kier molecular flexibility index (Phi) is 5.96. The van der Waals surface area contributed by atoms with Gasteiger partial charge in [0.25, 0.3) is 0 Å². The lowest BCUT2D eigenvalue weighted by molar-refractivity contribution is -0.122. The van der Waals surface area contributed by atoms with E-state index in [4.69, 9.17) is 0 Å². The molecule has 1 rings (SSSR count). The molecule has 2 atom stereocenters. The van der Waals surface area contributed by atoms with Crippen molar-refractivity contribution in [2.75, 3.05) is 6.54 Å². The minimum Gasteiger partial charge on any atom is -0.353 e. The first-order valence-corrected chi connectivity index (χ1v) is 7.00. The molecular weight excluding hydrogens is 212 g/mol. The van der Waals surface area contributed by atoms with Gasteiger partial charge in [0.2, 0.25) is 5.91 Å². The van der Waals surface area contributed by atoms with Crippen LogP contribution in [0.1, 0.15) is 53.4 Å². The first-order chi connectivity index (χ1) is 7.97. The Balaban J connectivity index is 2.21. The Labute approximate surface area is 106 Å². The summed E-state index contributed by atoms with van der Waals surface area (Å²) in [6.45, 7) is 9.55. The quantitative estimate of drug-likeness (QED) is 0.774. The third-order valence-electron chi connectivity index (χ3n) is 3.45. The van der Waals surface area contributed by atoms with Crippen LogP contribution in [0.15, 0.2) is 0 Å². The third kappa shape index (κ3) is 6.06. The predicted octanol–water partition coefficient (Wildman–Crippen LogP) is 2.32. The molecule has 0 radical (unpaired) electrons. The van der Waals surface area contributed by atoms with Crippen LogP contribution in [0.2, 0.25) is 0 Å². The van der Waals surface area contributed by atoms with Crippen molar-refractivity contribution < 1.29 is 4.79 Å². The van der Waals surface area contributed by atoms with E-state index in [1.165, 1.54) is 6.42 Å². The largest absolute Gasteiger partial charge is 0.353 e. The summed E-state index contributed by atoms with van der Waals surface area (Å²) in [7, 11) is 0. The molecule has 0 aliphatic heterocycles. The van der Waals surface area contributed by atoms with Gasteiger partial charge in [0, 0.05) is 25.0 Å². The van der Waals surface area contributed by atoms with Crippen molar-refractivity contribution in [2.45, 2.75) is 65.5 Å². The van der Waals surface area contributed by atoms with Gasteiger partial charge in [-0.3, -0.25) is 4.79 Å². The smallest absolute Gasteiger partial charge is 0.221 e. The lowest BCUT2D eigenvalue weighted by Gasteiger charge is -2.32. The van der Waals surface area contributed by atoms with Crippen molar-refractivity contribution in [3.05, 3.63) is 0 Å². The highest BCUT2D eigenvalue weighted by molar-refractivity contribution is 5.76. The van der Waals surface area contributed by atoms with Crippen molar-refractivity contribution in [3.63, 3.8) is 0 Å². The number of carbonyl (C=O) groups excluding carboxylic acids is 1. The van der Waals surface area contributed by atoms with Crippen molar-refractivity contribution in [2.24, 2.45) is 11.8 Å². The highest BCUT2D eigenvalue weighted by Gasteiger charge is 2.24. The number of carbonyl (C=O) groups is 1. The van der Waals surface area contributed by atoms with E-state index >= 15 is 0 Å². The number of nitrogens with one attached hydrogen (secondary N) is 2. The van der Waals surface area contributed by atoms with Gasteiger partial charge in [-0.2, -0.15) is 0 Å². The van der Waals surface area contributed by atoms with E-state index in [-0.39, 0.29) is 5.91 Å². The molecule has 17 heavy (non-hydrogen) atoms. The maximum atomic E-state index is 11.8. The van der Waals surface area contributed by atoms with Crippen molar-refractivity contribution >= 4 is 5.91 Å². The van der Waals surface area contributed by atoms with E-state index in [2.05, 4.69) is 38.3 Å². The van der Waals surface area contributed by atoms with E-state index in [1.54, 1.807) is 0 Å². The van der Waals surface area contributed by atoms with E-state index in [0.29, 0.717) is 18.5 Å². The van der Waals surface area contributed by atoms with Gasteiger partial charge in [-0.1, -0.05) is 27.7 Å². The van der Waals surface area contributed by atoms with Crippen molar-refractivity contribution in [1.29, 1.82) is 0 Å². The molecule has 0 saturated heterocycles. The van der Waals surface area contributed by atoms with Crippen LogP contribution < -0.4 is 10.6 Å². The van der Waals surface area contributed by atoms with Gasteiger partial charge in [0.1, 0.15) is 0 Å². The molecule has 1 aliphatic rings. The fourth-order valence-corrected chi connectivity index (χ4v) is 2.84. The van der Waals surface area contributed by atoms with E-state index in [0.717, 1.165) is 31.2 Å². The minimum absolute atomic E-state index is 0.199. The molecule has 0 spiro atoms. The Bertz CT molecular complexity index is 230. The van der Waals surface area contributed by atoms with Gasteiger partial charge in [0.15, 0.2) is 0 Å². The molecule has 100 valence electrons. The molecule has 3 nitrogen and oxygen atoms in total. The second kappa shape index (κ2) is 7.00. The SMILES string of the molecule is CC1CC(C)CC(NC(=O)CCNC(C)C)C1. The topological polar surface area (TPSA) is 41.1 Å². The van der Waals surface area contributed by atoms with Crippen LogP contribution in [0.25, 0.3) is 0 Å². The summed E-state index contributed by atoms with van der Waals surface area (Å²) in [5.41, 5.74) is 0. The molecule has 0 bridgehead atoms. The summed E-state index contributed by atoms with van der Waals surface area (Å²) in [5.74, 6) is 1.69. The molecule has 1 aliphatic carbocycles. The standard InChI is InChI=1S/C14H28N2O/c1-10(2)15-6-5-14(17)16-13-8-11(3)7-12(4)9-13/h10-13,15H,5-9H2,1-4H3,(H,16,17). The zero-order chi connectivity index (χ0) is 12.8. The zero-order valence-electron chi connectivity index (χ0n) is 11.8. The predicted molar refractivity (Wildman–Crippen MR) is 71.9 cm³/mol. The molecule has 2 N–H and O–H groups in total. The van der Waals surface area contributed by atoms with Crippen LogP contribution >= 0.6 is 0 Å². The molecule has 1 fully saturated rings. The Morgan fingerprint density at radius 3 is 2.29 bits per heavy atom. The summed E-state index contributed by atoms with van der Waals surface area (Å²) in [5, 5.41) is 6.44. The van der Waals surface area contributed by atoms with E-state index in [1.807, 2.05) is 0 Å². The summed E-state index contributed by atoms with van der Waals surface area (Å²) in [6.07, 6.45) is 4.19. The van der Waals surface area contributed by atoms with Gasteiger partial charge in [-0.15, -0.1) is 0 Å². The van der Waals surface area contributed by atoms with Crippen molar-refractivity contribution in [1.82, 2.24) is 10.6 Å². The molecule has 0 aromatic heterocycles. The average molecular weight is 240 g/mol. The number of rotatable bonds is 5. The fraction of sp³-hybridized carbons (Fsp3) is 0.929. The molecule has 0 aromatic carbocycles. The molecular formula is C14H28N2O. The third-order valence-corrected chi connectivity index (χ3v) is 3.45. The normalized spacial score (nSPS) is 29.4. The number of amides is 1. The summed E-state index contributed by atoms with van der Waals surface area (Å²) >= 11 is 0. The lowest BCUT2D eigenvalue weighted by atomic mass is 9.80. The first-order valence-electron chi connectivity index (χ1n) is 7.00. The Morgan fingerprint density at radius 2 is 1.76 bits per heavy atom. The van der Waals surface area contributed by atoms with Gasteiger partial charge in [0.05, 0.1) is 0 Å². The van der Waals surface area contributed by atoms with Crippen LogP contribution in [-0.4, -0.2) is 24.5 Å². The van der Waals surface area contributed by atoms with Gasteiger partial charge in [-0.25, -0.2) is 0 Å². The molecule has 0 aromatic rings. The minimum atomic E-state index is 0.199. The average Bonchev–Trinajstić information content (AvgIpc) is 2.14. The number of hydrogen-bond acceptors (Lipinski definition) is 2. The van der Waals surface area contributed by atoms with E-state index in [9.17, 15) is 4.79 Å². The van der Waals surface area contributed by atoms with Crippen LogP contribution in [0.5, 0.6) is 0 Å². The summed E-state index contributed by atoms with van der Waals surface area (Å²) < 4.78 is 0. The summed E-state index contributed by atoms with van der Waals surface area (Å²) in [4.78, 5) is 11.8. The van der Waals surface area contributed by atoms with Gasteiger partial charge in [-0.05, 0) is 31.1 Å². The molecule has 1 saturated carbocycles. The van der Waals surface area contributed by atoms with E-state index < -0.39 is 0 Å². The number of hydrogen-bond donors (Lipinski definition) is 2. The monoisotopic (exact) mass is 240 g/mol. The molecule has 2 unspecified atom stereocenters. The highest BCUT2D eigenvalue weighted by Crippen LogP contribution is 2.28. The van der Waals surface area contributed by atoms with Crippen LogP contribution in [0, 0.1) is 11.8 Å². The lowest BCUT2D eigenvalue weighted by Crippen LogP contribution is -2.41.